The topological polar surface area (TPSA) is 118 Å². The molecular weight excluding hydrogens is 494 g/mol. The van der Waals surface area contributed by atoms with E-state index in [0.29, 0.717) is 5.52 Å². The smallest absolute Gasteiger partial charge is 0.408 e. The van der Waals surface area contributed by atoms with E-state index in [1.54, 1.807) is 36.4 Å². The summed E-state index contributed by atoms with van der Waals surface area (Å²) in [5, 5.41) is 17.4. The van der Waals surface area contributed by atoms with Gasteiger partial charge in [-0.15, -0.1) is 0 Å². The van der Waals surface area contributed by atoms with E-state index < -0.39 is 24.0 Å². The summed E-state index contributed by atoms with van der Waals surface area (Å²) < 4.78 is 5.10. The summed E-state index contributed by atoms with van der Waals surface area (Å²) in [6.45, 7) is -0.356. The van der Waals surface area contributed by atoms with Gasteiger partial charge in [-0.05, 0) is 28.0 Å². The number of rotatable bonds is 8. The summed E-state index contributed by atoms with van der Waals surface area (Å²) in [5.41, 5.74) is 3.42. The number of nitrogens with zero attached hydrogens (tertiary/aromatic N) is 1. The van der Waals surface area contributed by atoms with Crippen molar-refractivity contribution in [2.75, 3.05) is 6.54 Å². The van der Waals surface area contributed by atoms with E-state index in [1.165, 1.54) is 0 Å². The maximum Gasteiger partial charge on any atom is 0.408 e. The highest BCUT2D eigenvalue weighted by Gasteiger charge is 2.22. The summed E-state index contributed by atoms with van der Waals surface area (Å²) in [7, 11) is 0. The molecule has 0 radical (unpaired) electrons. The number of benzene rings is 4. The number of nitrogens with one attached hydrogen (secondary N) is 2. The Kier molecular flexibility index (Phi) is 7.45. The van der Waals surface area contributed by atoms with Gasteiger partial charge in [0.15, 0.2) is 0 Å². The first-order valence-corrected chi connectivity index (χ1v) is 12.4. The number of aromatic nitrogens is 1. The molecule has 8 nitrogen and oxygen atoms in total. The number of pyridine rings is 1. The Morgan fingerprint density at radius 1 is 0.769 bits per heavy atom. The molecular formula is C31H25N3O5. The van der Waals surface area contributed by atoms with Gasteiger partial charge in [0.25, 0.3) is 5.91 Å². The SMILES string of the molecule is O=C(NC(CNC(=O)c1ccc2cccc(-c3cccc4ccccc34)c2n1)C(=O)O)OCc1ccccc1. The summed E-state index contributed by atoms with van der Waals surface area (Å²) >= 11 is 0. The van der Waals surface area contributed by atoms with Crippen molar-refractivity contribution in [3.8, 4) is 11.1 Å². The lowest BCUT2D eigenvalue weighted by molar-refractivity contribution is -0.139. The van der Waals surface area contributed by atoms with Crippen molar-refractivity contribution in [2.24, 2.45) is 0 Å². The standard InChI is InChI=1S/C31H25N3O5/c35-29(32-18-27(30(36)37)34-31(38)39-19-20-8-2-1-3-9-20)26-17-16-22-12-7-15-25(28(22)33-26)24-14-6-11-21-10-4-5-13-23(21)24/h1-17,27H,18-19H2,(H,32,35)(H,34,38)(H,36,37). The molecule has 0 saturated carbocycles. The predicted octanol–water partition coefficient (Wildman–Crippen LogP) is 5.16. The van der Waals surface area contributed by atoms with Crippen LogP contribution in [-0.2, 0) is 16.1 Å². The first-order valence-electron chi connectivity index (χ1n) is 12.4. The molecule has 0 spiro atoms. The van der Waals surface area contributed by atoms with Crippen LogP contribution in [0.5, 0.6) is 0 Å². The lowest BCUT2D eigenvalue weighted by Gasteiger charge is -2.15. The van der Waals surface area contributed by atoms with E-state index in [1.807, 2.05) is 66.7 Å². The number of carboxylic acids is 1. The third kappa shape index (κ3) is 5.86. The summed E-state index contributed by atoms with van der Waals surface area (Å²) in [4.78, 5) is 41.4. The normalized spacial score (nSPS) is 11.6. The highest BCUT2D eigenvalue weighted by molar-refractivity contribution is 6.05. The molecule has 39 heavy (non-hydrogen) atoms. The number of alkyl carbamates (subject to hydrolysis) is 1. The second-order valence-electron chi connectivity index (χ2n) is 8.91. The fraction of sp³-hybridized carbons (Fsp3) is 0.0968. The summed E-state index contributed by atoms with van der Waals surface area (Å²) in [6.07, 6.45) is -0.899. The largest absolute Gasteiger partial charge is 0.480 e. The fourth-order valence-electron chi connectivity index (χ4n) is 4.34. The molecule has 5 aromatic rings. The Bertz CT molecular complexity index is 1660. The fourth-order valence-corrected chi connectivity index (χ4v) is 4.34. The first kappa shape index (κ1) is 25.4. The molecule has 0 bridgehead atoms. The lowest BCUT2D eigenvalue weighted by atomic mass is 9.96. The van der Waals surface area contributed by atoms with Gasteiger partial charge in [-0.3, -0.25) is 4.79 Å². The van der Waals surface area contributed by atoms with Crippen LogP contribution in [0.15, 0.2) is 103 Å². The number of amides is 2. The minimum absolute atomic E-state index is 0.00852. The van der Waals surface area contributed by atoms with Gasteiger partial charge in [0.05, 0.1) is 5.52 Å². The predicted molar refractivity (Wildman–Crippen MR) is 148 cm³/mol. The Morgan fingerprint density at radius 2 is 1.46 bits per heavy atom. The van der Waals surface area contributed by atoms with Crippen LogP contribution in [0.25, 0.3) is 32.8 Å². The first-order chi connectivity index (χ1) is 19.0. The lowest BCUT2D eigenvalue weighted by Crippen LogP contribution is -2.48. The molecule has 0 aliphatic heterocycles. The number of carbonyl (C=O) groups is 3. The van der Waals surface area contributed by atoms with Crippen LogP contribution in [0.3, 0.4) is 0 Å². The van der Waals surface area contributed by atoms with E-state index in [9.17, 15) is 19.5 Å². The van der Waals surface area contributed by atoms with Crippen molar-refractivity contribution in [1.82, 2.24) is 15.6 Å². The Hall–Kier alpha value is -5.24. The van der Waals surface area contributed by atoms with Crippen LogP contribution >= 0.6 is 0 Å². The van der Waals surface area contributed by atoms with Gasteiger partial charge in [0.1, 0.15) is 18.3 Å². The Balaban J connectivity index is 1.31. The van der Waals surface area contributed by atoms with Crippen molar-refractivity contribution in [3.63, 3.8) is 0 Å². The molecule has 1 atom stereocenters. The average molecular weight is 520 g/mol. The zero-order chi connectivity index (χ0) is 27.2. The van der Waals surface area contributed by atoms with Crippen molar-refractivity contribution in [1.29, 1.82) is 0 Å². The molecule has 0 aliphatic carbocycles. The van der Waals surface area contributed by atoms with Crippen LogP contribution in [0.1, 0.15) is 16.1 Å². The molecule has 1 heterocycles. The minimum Gasteiger partial charge on any atom is -0.480 e. The highest BCUT2D eigenvalue weighted by Crippen LogP contribution is 2.33. The monoisotopic (exact) mass is 519 g/mol. The molecule has 5 rings (SSSR count). The molecule has 0 aliphatic rings. The minimum atomic E-state index is -1.39. The average Bonchev–Trinajstić information content (AvgIpc) is 2.97. The molecule has 1 aromatic heterocycles. The number of aliphatic carboxylic acids is 1. The zero-order valence-electron chi connectivity index (χ0n) is 20.8. The maximum atomic E-state index is 13.0. The second-order valence-corrected chi connectivity index (χ2v) is 8.91. The van der Waals surface area contributed by atoms with Crippen LogP contribution in [0.4, 0.5) is 4.79 Å². The molecule has 1 unspecified atom stereocenters. The zero-order valence-corrected chi connectivity index (χ0v) is 20.8. The van der Waals surface area contributed by atoms with Gasteiger partial charge in [0, 0.05) is 17.5 Å². The van der Waals surface area contributed by atoms with Crippen LogP contribution in [0, 0.1) is 0 Å². The molecule has 8 heteroatoms. The van der Waals surface area contributed by atoms with E-state index in [2.05, 4.69) is 15.6 Å². The van der Waals surface area contributed by atoms with Gasteiger partial charge in [0.2, 0.25) is 0 Å². The van der Waals surface area contributed by atoms with E-state index in [-0.39, 0.29) is 18.8 Å². The number of carboxylic acid groups (broad SMARTS) is 1. The number of para-hydroxylation sites is 1. The molecule has 0 fully saturated rings. The van der Waals surface area contributed by atoms with E-state index >= 15 is 0 Å². The number of hydrogen-bond acceptors (Lipinski definition) is 5. The van der Waals surface area contributed by atoms with Gasteiger partial charge in [-0.2, -0.15) is 0 Å². The third-order valence-electron chi connectivity index (χ3n) is 6.30. The van der Waals surface area contributed by atoms with Gasteiger partial charge >= 0.3 is 12.1 Å². The summed E-state index contributed by atoms with van der Waals surface area (Å²) in [5.74, 6) is -1.87. The van der Waals surface area contributed by atoms with Crippen LogP contribution < -0.4 is 10.6 Å². The maximum absolute atomic E-state index is 13.0. The quantitative estimate of drug-likeness (QED) is 0.261. The Labute approximate surface area is 224 Å². The van der Waals surface area contributed by atoms with Gasteiger partial charge in [-0.1, -0.05) is 97.1 Å². The van der Waals surface area contributed by atoms with Crippen molar-refractivity contribution in [3.05, 3.63) is 114 Å². The third-order valence-corrected chi connectivity index (χ3v) is 6.30. The van der Waals surface area contributed by atoms with Crippen LogP contribution in [-0.4, -0.2) is 40.6 Å². The molecule has 194 valence electrons. The number of fused-ring (bicyclic) bond motifs is 2. The molecule has 0 saturated heterocycles. The van der Waals surface area contributed by atoms with E-state index in [0.717, 1.165) is 32.8 Å². The van der Waals surface area contributed by atoms with Crippen molar-refractivity contribution in [2.45, 2.75) is 12.6 Å². The molecule has 4 aromatic carbocycles. The molecule has 2 amide bonds. The number of carbonyl (C=O) groups excluding carboxylic acids is 2. The Morgan fingerprint density at radius 3 is 2.26 bits per heavy atom. The van der Waals surface area contributed by atoms with Gasteiger partial charge in [-0.25, -0.2) is 14.6 Å². The molecule has 3 N–H and O–H groups in total. The summed E-state index contributed by atoms with van der Waals surface area (Å²) in [6, 6.07) is 30.9. The van der Waals surface area contributed by atoms with Crippen molar-refractivity contribution >= 4 is 39.6 Å². The van der Waals surface area contributed by atoms with E-state index in [4.69, 9.17) is 4.74 Å². The van der Waals surface area contributed by atoms with Gasteiger partial charge < -0.3 is 20.5 Å². The number of ether oxygens (including phenoxy) is 1. The highest BCUT2D eigenvalue weighted by atomic mass is 16.5. The second kappa shape index (κ2) is 11.4. The number of hydrogen-bond donors (Lipinski definition) is 3. The van der Waals surface area contributed by atoms with Crippen LogP contribution in [0.2, 0.25) is 0 Å². The van der Waals surface area contributed by atoms with Crippen molar-refractivity contribution < 1.29 is 24.2 Å².